The van der Waals surface area contributed by atoms with Gasteiger partial charge in [-0.1, -0.05) is 29.8 Å². The lowest BCUT2D eigenvalue weighted by Crippen LogP contribution is -2.49. The van der Waals surface area contributed by atoms with Crippen LogP contribution in [0.3, 0.4) is 0 Å². The molecule has 4 rings (SSSR count). The Bertz CT molecular complexity index is 1190. The highest BCUT2D eigenvalue weighted by Gasteiger charge is 2.25. The number of hydrogen-bond acceptors (Lipinski definition) is 6. The molecule has 0 atom stereocenters. The SMILES string of the molecule is Cc1nc(C)c(Cc2ccc([N+](=O)[O-])cc2)c(N2CCN(C(=O)c3cccc(Cl)c3)CC2)n1. The lowest BCUT2D eigenvalue weighted by Gasteiger charge is -2.36. The molecule has 2 heterocycles. The molecule has 1 amide bonds. The van der Waals surface area contributed by atoms with Crippen molar-refractivity contribution in [1.82, 2.24) is 14.9 Å². The van der Waals surface area contributed by atoms with E-state index in [0.717, 1.165) is 22.6 Å². The molecule has 170 valence electrons. The third kappa shape index (κ3) is 5.12. The van der Waals surface area contributed by atoms with Crippen molar-refractivity contribution in [2.45, 2.75) is 20.3 Å². The van der Waals surface area contributed by atoms with E-state index in [-0.39, 0.29) is 11.6 Å². The summed E-state index contributed by atoms with van der Waals surface area (Å²) in [6.07, 6.45) is 0.571. The van der Waals surface area contributed by atoms with Crippen LogP contribution in [0.15, 0.2) is 48.5 Å². The maximum Gasteiger partial charge on any atom is 0.269 e. The lowest BCUT2D eigenvalue weighted by atomic mass is 10.0. The zero-order valence-corrected chi connectivity index (χ0v) is 19.2. The van der Waals surface area contributed by atoms with Gasteiger partial charge in [0.15, 0.2) is 0 Å². The predicted octanol–water partition coefficient (Wildman–Crippen LogP) is 4.21. The number of aromatic nitrogens is 2. The molecule has 0 N–H and O–H groups in total. The number of carbonyl (C=O) groups excluding carboxylic acids is 1. The van der Waals surface area contributed by atoms with Crippen molar-refractivity contribution in [3.63, 3.8) is 0 Å². The molecule has 1 fully saturated rings. The highest BCUT2D eigenvalue weighted by atomic mass is 35.5. The number of nitro benzene ring substituents is 1. The Hall–Kier alpha value is -3.52. The van der Waals surface area contributed by atoms with Crippen molar-refractivity contribution in [3.05, 3.63) is 91.9 Å². The molecule has 0 spiro atoms. The van der Waals surface area contributed by atoms with Gasteiger partial charge in [0.05, 0.1) is 4.92 Å². The number of amides is 1. The Morgan fingerprint density at radius 1 is 1.06 bits per heavy atom. The van der Waals surface area contributed by atoms with Crippen molar-refractivity contribution in [3.8, 4) is 0 Å². The molecule has 8 nitrogen and oxygen atoms in total. The first-order valence-corrected chi connectivity index (χ1v) is 11.1. The fourth-order valence-corrected chi connectivity index (χ4v) is 4.24. The number of non-ortho nitro benzene ring substituents is 1. The third-order valence-corrected chi connectivity index (χ3v) is 6.01. The van der Waals surface area contributed by atoms with Crippen molar-refractivity contribution in [1.29, 1.82) is 0 Å². The van der Waals surface area contributed by atoms with Gasteiger partial charge in [0.2, 0.25) is 0 Å². The summed E-state index contributed by atoms with van der Waals surface area (Å²) in [5.41, 5.74) is 3.48. The summed E-state index contributed by atoms with van der Waals surface area (Å²) < 4.78 is 0. The normalized spacial score (nSPS) is 13.8. The molecular weight excluding hydrogens is 442 g/mol. The second-order valence-electron chi connectivity index (χ2n) is 8.05. The smallest absolute Gasteiger partial charge is 0.269 e. The molecular formula is C24H24ClN5O3. The lowest BCUT2D eigenvalue weighted by molar-refractivity contribution is -0.384. The van der Waals surface area contributed by atoms with E-state index < -0.39 is 4.92 Å². The molecule has 0 bridgehead atoms. The highest BCUT2D eigenvalue weighted by Crippen LogP contribution is 2.26. The fraction of sp³-hybridized carbons (Fsp3) is 0.292. The standard InChI is InChI=1S/C24H24ClN5O3/c1-16-22(14-18-6-8-21(9-7-18)30(32)33)23(27-17(2)26-16)28-10-12-29(13-11-28)24(31)19-4-3-5-20(25)15-19/h3-9,15H,10-14H2,1-2H3. The zero-order valence-electron chi connectivity index (χ0n) is 18.5. The number of nitrogens with zero attached hydrogens (tertiary/aromatic N) is 5. The first-order valence-electron chi connectivity index (χ1n) is 10.7. The molecule has 1 aliphatic heterocycles. The van der Waals surface area contributed by atoms with Gasteiger partial charge in [-0.05, 0) is 37.6 Å². The first-order chi connectivity index (χ1) is 15.8. The largest absolute Gasteiger partial charge is 0.353 e. The molecule has 0 radical (unpaired) electrons. The van der Waals surface area contributed by atoms with Crippen LogP contribution in [0, 0.1) is 24.0 Å². The number of aryl methyl sites for hydroxylation is 2. The Morgan fingerprint density at radius 3 is 2.39 bits per heavy atom. The molecule has 2 aromatic carbocycles. The average molecular weight is 466 g/mol. The van der Waals surface area contributed by atoms with Crippen LogP contribution < -0.4 is 4.90 Å². The second-order valence-corrected chi connectivity index (χ2v) is 8.48. The number of anilines is 1. The molecule has 33 heavy (non-hydrogen) atoms. The summed E-state index contributed by atoms with van der Waals surface area (Å²) in [5, 5.41) is 11.5. The van der Waals surface area contributed by atoms with E-state index in [4.69, 9.17) is 16.6 Å². The molecule has 0 saturated carbocycles. The van der Waals surface area contributed by atoms with Gasteiger partial charge in [0.1, 0.15) is 11.6 Å². The second kappa shape index (κ2) is 9.54. The monoisotopic (exact) mass is 465 g/mol. The quantitative estimate of drug-likeness (QED) is 0.414. The van der Waals surface area contributed by atoms with Crippen LogP contribution in [-0.2, 0) is 6.42 Å². The van der Waals surface area contributed by atoms with Crippen molar-refractivity contribution >= 4 is 29.0 Å². The topological polar surface area (TPSA) is 92.5 Å². The van der Waals surface area contributed by atoms with Crippen molar-refractivity contribution in [2.24, 2.45) is 0 Å². The van der Waals surface area contributed by atoms with Crippen LogP contribution in [0.4, 0.5) is 11.5 Å². The van der Waals surface area contributed by atoms with Gasteiger partial charge in [-0.15, -0.1) is 0 Å². The molecule has 0 unspecified atom stereocenters. The Kier molecular flexibility index (Phi) is 6.55. The van der Waals surface area contributed by atoms with Gasteiger partial charge in [0, 0.05) is 66.6 Å². The molecule has 9 heteroatoms. The maximum absolute atomic E-state index is 12.9. The molecule has 1 saturated heterocycles. The van der Waals surface area contributed by atoms with Gasteiger partial charge in [-0.3, -0.25) is 14.9 Å². The summed E-state index contributed by atoms with van der Waals surface area (Å²) in [6.45, 7) is 6.27. The van der Waals surface area contributed by atoms with E-state index in [0.29, 0.717) is 49.0 Å². The Labute approximate surface area is 197 Å². The minimum atomic E-state index is -0.403. The van der Waals surface area contributed by atoms with E-state index >= 15 is 0 Å². The van der Waals surface area contributed by atoms with E-state index in [1.54, 1.807) is 36.4 Å². The summed E-state index contributed by atoms with van der Waals surface area (Å²) in [7, 11) is 0. The number of rotatable bonds is 5. The van der Waals surface area contributed by atoms with Crippen LogP contribution in [-0.4, -0.2) is 51.9 Å². The number of piperazine rings is 1. The third-order valence-electron chi connectivity index (χ3n) is 5.77. The Balaban J connectivity index is 1.52. The van der Waals surface area contributed by atoms with Gasteiger partial charge in [0.25, 0.3) is 11.6 Å². The van der Waals surface area contributed by atoms with E-state index in [1.807, 2.05) is 18.7 Å². The number of nitro groups is 1. The van der Waals surface area contributed by atoms with Gasteiger partial charge in [-0.25, -0.2) is 9.97 Å². The summed E-state index contributed by atoms with van der Waals surface area (Å²) in [5.74, 6) is 1.51. The first kappa shape index (κ1) is 22.7. The van der Waals surface area contributed by atoms with Crippen LogP contribution in [0.5, 0.6) is 0 Å². The van der Waals surface area contributed by atoms with E-state index in [1.165, 1.54) is 12.1 Å². The van der Waals surface area contributed by atoms with Crippen LogP contribution in [0.2, 0.25) is 5.02 Å². The van der Waals surface area contributed by atoms with Crippen LogP contribution >= 0.6 is 11.6 Å². The number of halogens is 1. The van der Waals surface area contributed by atoms with Crippen LogP contribution in [0.25, 0.3) is 0 Å². The van der Waals surface area contributed by atoms with E-state index in [2.05, 4.69) is 9.88 Å². The number of carbonyl (C=O) groups is 1. The molecule has 1 aliphatic rings. The van der Waals surface area contributed by atoms with Gasteiger partial charge >= 0.3 is 0 Å². The fourth-order valence-electron chi connectivity index (χ4n) is 4.05. The minimum Gasteiger partial charge on any atom is -0.353 e. The van der Waals surface area contributed by atoms with Crippen LogP contribution in [0.1, 0.15) is 33.0 Å². The summed E-state index contributed by atoms with van der Waals surface area (Å²) in [4.78, 5) is 36.7. The molecule has 0 aliphatic carbocycles. The zero-order chi connectivity index (χ0) is 23.5. The number of benzene rings is 2. The Morgan fingerprint density at radius 2 is 1.76 bits per heavy atom. The predicted molar refractivity (Wildman–Crippen MR) is 127 cm³/mol. The molecule has 1 aromatic heterocycles. The van der Waals surface area contributed by atoms with Crippen molar-refractivity contribution in [2.75, 3.05) is 31.1 Å². The highest BCUT2D eigenvalue weighted by molar-refractivity contribution is 6.30. The summed E-state index contributed by atoms with van der Waals surface area (Å²) >= 11 is 6.04. The average Bonchev–Trinajstić information content (AvgIpc) is 2.80. The summed E-state index contributed by atoms with van der Waals surface area (Å²) in [6, 6.07) is 13.6. The van der Waals surface area contributed by atoms with E-state index in [9.17, 15) is 14.9 Å². The van der Waals surface area contributed by atoms with Gasteiger partial charge < -0.3 is 9.80 Å². The number of hydrogen-bond donors (Lipinski definition) is 0. The maximum atomic E-state index is 12.9. The minimum absolute atomic E-state index is 0.0294. The van der Waals surface area contributed by atoms with Crippen molar-refractivity contribution < 1.29 is 9.72 Å². The van der Waals surface area contributed by atoms with Gasteiger partial charge in [-0.2, -0.15) is 0 Å². The molecule has 3 aromatic rings.